The van der Waals surface area contributed by atoms with Crippen LogP contribution in [0.2, 0.25) is 0 Å². The lowest BCUT2D eigenvalue weighted by Crippen LogP contribution is -2.42. The van der Waals surface area contributed by atoms with Crippen LogP contribution in [0.5, 0.6) is 0 Å². The van der Waals surface area contributed by atoms with E-state index in [1.807, 2.05) is 4.90 Å². The van der Waals surface area contributed by atoms with Gasteiger partial charge in [-0.2, -0.15) is 0 Å². The van der Waals surface area contributed by atoms with E-state index in [4.69, 9.17) is 10.5 Å². The Balaban J connectivity index is 2.29. The number of nitrogens with two attached hydrogens (primary N) is 1. The van der Waals surface area contributed by atoms with Gasteiger partial charge in [0.1, 0.15) is 0 Å². The summed E-state index contributed by atoms with van der Waals surface area (Å²) in [5, 5.41) is 0. The van der Waals surface area contributed by atoms with Crippen molar-refractivity contribution in [3.8, 4) is 0 Å². The highest BCUT2D eigenvalue weighted by Crippen LogP contribution is 1.95. The molecule has 1 rings (SSSR count). The molecule has 5 heteroatoms. The van der Waals surface area contributed by atoms with E-state index in [-0.39, 0.29) is 6.54 Å². The largest absolute Gasteiger partial charge is 0.379 e. The Morgan fingerprint density at radius 2 is 1.92 bits per heavy atom. The van der Waals surface area contributed by atoms with Crippen LogP contribution in [0.25, 0.3) is 0 Å². The fourth-order valence-corrected chi connectivity index (χ4v) is 1.04. The molecule has 1 heterocycles. The third-order valence-corrected chi connectivity index (χ3v) is 1.75. The monoisotopic (exact) mass is 172 g/mol. The molecule has 1 aliphatic heterocycles. The highest BCUT2D eigenvalue weighted by molar-refractivity contribution is 6.36. The van der Waals surface area contributed by atoms with Crippen molar-refractivity contribution in [1.29, 1.82) is 0 Å². The molecule has 0 aromatic rings. The fraction of sp³-hybridized carbons (Fsp3) is 0.714. The SMILES string of the molecule is NC(=O)C(=O)CN1CCOCC1. The summed E-state index contributed by atoms with van der Waals surface area (Å²) in [5.74, 6) is -1.39. The molecule has 2 N–H and O–H groups in total. The van der Waals surface area contributed by atoms with E-state index in [1.54, 1.807) is 0 Å². The molecule has 1 amide bonds. The molecule has 0 aromatic heterocycles. The van der Waals surface area contributed by atoms with Crippen molar-refractivity contribution in [2.45, 2.75) is 0 Å². The molecule has 0 radical (unpaired) electrons. The summed E-state index contributed by atoms with van der Waals surface area (Å²) in [5.41, 5.74) is 4.81. The van der Waals surface area contributed by atoms with E-state index >= 15 is 0 Å². The molecule has 0 unspecified atom stereocenters. The first-order chi connectivity index (χ1) is 5.70. The van der Waals surface area contributed by atoms with Crippen LogP contribution in [0.4, 0.5) is 0 Å². The number of hydrogen-bond donors (Lipinski definition) is 1. The van der Waals surface area contributed by atoms with Crippen molar-refractivity contribution in [3.05, 3.63) is 0 Å². The van der Waals surface area contributed by atoms with E-state index < -0.39 is 11.7 Å². The number of Topliss-reactive ketones (excluding diaryl/α,β-unsaturated/α-hetero) is 1. The van der Waals surface area contributed by atoms with Crippen molar-refractivity contribution in [3.63, 3.8) is 0 Å². The van der Waals surface area contributed by atoms with Crippen molar-refractivity contribution in [2.75, 3.05) is 32.8 Å². The lowest BCUT2D eigenvalue weighted by atomic mass is 10.3. The first kappa shape index (κ1) is 9.15. The Kier molecular flexibility index (Phi) is 3.19. The van der Waals surface area contributed by atoms with E-state index in [1.165, 1.54) is 0 Å². The van der Waals surface area contributed by atoms with Crippen molar-refractivity contribution in [2.24, 2.45) is 5.73 Å². The van der Waals surface area contributed by atoms with Gasteiger partial charge in [0, 0.05) is 13.1 Å². The number of nitrogens with zero attached hydrogens (tertiary/aromatic N) is 1. The first-order valence-corrected chi connectivity index (χ1v) is 3.83. The van der Waals surface area contributed by atoms with E-state index in [0.29, 0.717) is 26.3 Å². The number of ketones is 1. The lowest BCUT2D eigenvalue weighted by Gasteiger charge is -2.25. The Morgan fingerprint density at radius 3 is 2.42 bits per heavy atom. The zero-order chi connectivity index (χ0) is 8.97. The van der Waals surface area contributed by atoms with Gasteiger partial charge in [0.25, 0.3) is 5.91 Å². The summed E-state index contributed by atoms with van der Waals surface area (Å²) >= 11 is 0. The maximum atomic E-state index is 10.9. The highest BCUT2D eigenvalue weighted by atomic mass is 16.5. The molecule has 0 aromatic carbocycles. The molecule has 0 saturated carbocycles. The van der Waals surface area contributed by atoms with E-state index in [2.05, 4.69) is 0 Å². The molecule has 12 heavy (non-hydrogen) atoms. The van der Waals surface area contributed by atoms with Gasteiger partial charge in [0.05, 0.1) is 19.8 Å². The molecule has 0 aliphatic carbocycles. The van der Waals surface area contributed by atoms with Gasteiger partial charge in [-0.15, -0.1) is 0 Å². The van der Waals surface area contributed by atoms with E-state index in [0.717, 1.165) is 0 Å². The second-order valence-electron chi connectivity index (χ2n) is 2.68. The van der Waals surface area contributed by atoms with Crippen LogP contribution >= 0.6 is 0 Å². The zero-order valence-electron chi connectivity index (χ0n) is 6.78. The van der Waals surface area contributed by atoms with Crippen LogP contribution in [0, 0.1) is 0 Å². The number of morpholine rings is 1. The summed E-state index contributed by atoms with van der Waals surface area (Å²) < 4.78 is 5.07. The van der Waals surface area contributed by atoms with Gasteiger partial charge in [0.2, 0.25) is 5.78 Å². The maximum Gasteiger partial charge on any atom is 0.286 e. The molecular weight excluding hydrogens is 160 g/mol. The molecule has 0 atom stereocenters. The number of rotatable bonds is 3. The number of ether oxygens (including phenoxy) is 1. The minimum atomic E-state index is -0.860. The average molecular weight is 172 g/mol. The van der Waals surface area contributed by atoms with Crippen LogP contribution in [-0.2, 0) is 14.3 Å². The molecule has 5 nitrogen and oxygen atoms in total. The van der Waals surface area contributed by atoms with Crippen molar-refractivity contribution < 1.29 is 14.3 Å². The van der Waals surface area contributed by atoms with Gasteiger partial charge >= 0.3 is 0 Å². The quantitative estimate of drug-likeness (QED) is 0.519. The molecular formula is C7H12N2O3. The fourth-order valence-electron chi connectivity index (χ4n) is 1.04. The molecule has 0 bridgehead atoms. The van der Waals surface area contributed by atoms with Gasteiger partial charge in [-0.05, 0) is 0 Å². The van der Waals surface area contributed by atoms with Crippen LogP contribution in [0.3, 0.4) is 0 Å². The van der Waals surface area contributed by atoms with E-state index in [9.17, 15) is 9.59 Å². The third kappa shape index (κ3) is 2.60. The van der Waals surface area contributed by atoms with Crippen LogP contribution < -0.4 is 5.73 Å². The zero-order valence-corrected chi connectivity index (χ0v) is 6.78. The summed E-state index contributed by atoms with van der Waals surface area (Å²) in [6.07, 6.45) is 0. The summed E-state index contributed by atoms with van der Waals surface area (Å²) in [6.45, 7) is 2.74. The second-order valence-corrected chi connectivity index (χ2v) is 2.68. The lowest BCUT2D eigenvalue weighted by molar-refractivity contribution is -0.137. The number of carbonyl (C=O) groups excluding carboxylic acids is 2. The minimum Gasteiger partial charge on any atom is -0.379 e. The minimum absolute atomic E-state index is 0.124. The van der Waals surface area contributed by atoms with Crippen molar-refractivity contribution in [1.82, 2.24) is 4.90 Å². The standard InChI is InChI=1S/C7H12N2O3/c8-7(11)6(10)5-9-1-3-12-4-2-9/h1-5H2,(H2,8,11). The van der Waals surface area contributed by atoms with Crippen LogP contribution in [0.15, 0.2) is 0 Å². The van der Waals surface area contributed by atoms with Gasteiger partial charge in [0.15, 0.2) is 0 Å². The Hall–Kier alpha value is -0.940. The van der Waals surface area contributed by atoms with Crippen LogP contribution in [0.1, 0.15) is 0 Å². The molecule has 1 saturated heterocycles. The molecule has 0 spiro atoms. The van der Waals surface area contributed by atoms with Gasteiger partial charge in [-0.1, -0.05) is 0 Å². The Labute approximate surface area is 70.5 Å². The predicted octanol–water partition coefficient (Wildman–Crippen LogP) is -1.63. The number of carbonyl (C=O) groups is 2. The molecule has 1 aliphatic rings. The van der Waals surface area contributed by atoms with Gasteiger partial charge < -0.3 is 10.5 Å². The second kappa shape index (κ2) is 4.18. The normalized spacial score (nSPS) is 19.0. The Morgan fingerprint density at radius 1 is 1.33 bits per heavy atom. The number of amides is 1. The highest BCUT2D eigenvalue weighted by Gasteiger charge is 2.16. The predicted molar refractivity (Wildman–Crippen MR) is 41.5 cm³/mol. The van der Waals surface area contributed by atoms with Gasteiger partial charge in [-0.25, -0.2) is 0 Å². The maximum absolute atomic E-state index is 10.9. The van der Waals surface area contributed by atoms with Crippen molar-refractivity contribution >= 4 is 11.7 Å². The average Bonchev–Trinajstić information content (AvgIpc) is 2.06. The van der Waals surface area contributed by atoms with Gasteiger partial charge in [-0.3, -0.25) is 14.5 Å². The molecule has 68 valence electrons. The number of primary amides is 1. The smallest absolute Gasteiger partial charge is 0.286 e. The summed E-state index contributed by atoms with van der Waals surface area (Å²) in [6, 6.07) is 0. The summed E-state index contributed by atoms with van der Waals surface area (Å²) in [4.78, 5) is 23.1. The number of hydrogen-bond acceptors (Lipinski definition) is 4. The first-order valence-electron chi connectivity index (χ1n) is 3.83. The third-order valence-electron chi connectivity index (χ3n) is 1.75. The topological polar surface area (TPSA) is 72.6 Å². The summed E-state index contributed by atoms with van der Waals surface area (Å²) in [7, 11) is 0. The Bertz CT molecular complexity index is 187. The van der Waals surface area contributed by atoms with Crippen LogP contribution in [-0.4, -0.2) is 49.4 Å². The molecule has 1 fully saturated rings.